The Labute approximate surface area is 209 Å². The molecule has 12 heteroatoms. The maximum atomic E-state index is 15.2. The van der Waals surface area contributed by atoms with Gasteiger partial charge in [0.1, 0.15) is 22.5 Å². The Morgan fingerprint density at radius 2 is 2.00 bits per heavy atom. The van der Waals surface area contributed by atoms with Gasteiger partial charge in [-0.1, -0.05) is 48.9 Å². The van der Waals surface area contributed by atoms with Gasteiger partial charge in [0.2, 0.25) is 15.9 Å². The number of nitrogens with zero attached hydrogens (tertiary/aromatic N) is 1. The molecule has 1 aliphatic rings. The van der Waals surface area contributed by atoms with Gasteiger partial charge >= 0.3 is 5.76 Å². The summed E-state index contributed by atoms with van der Waals surface area (Å²) in [4.78, 5) is 11.5. The van der Waals surface area contributed by atoms with Gasteiger partial charge in [-0.25, -0.2) is 22.7 Å². The molecule has 1 aromatic heterocycles. The minimum absolute atomic E-state index is 0.0695. The van der Waals surface area contributed by atoms with E-state index in [0.29, 0.717) is 5.39 Å². The van der Waals surface area contributed by atoms with Crippen LogP contribution in [0, 0.1) is 5.82 Å². The summed E-state index contributed by atoms with van der Waals surface area (Å²) < 4.78 is 55.6. The third-order valence-electron chi connectivity index (χ3n) is 6.24. The molecule has 3 N–H and O–H groups in total. The summed E-state index contributed by atoms with van der Waals surface area (Å²) in [6.45, 7) is 1.69. The van der Waals surface area contributed by atoms with E-state index in [2.05, 4.69) is 14.9 Å². The second kappa shape index (κ2) is 9.32. The summed E-state index contributed by atoms with van der Waals surface area (Å²) in [6.07, 6.45) is -0.748. The van der Waals surface area contributed by atoms with Crippen LogP contribution in [0.1, 0.15) is 48.4 Å². The quantitative estimate of drug-likeness (QED) is 0.341. The van der Waals surface area contributed by atoms with Gasteiger partial charge in [-0.05, 0) is 29.0 Å². The number of aliphatic hydroxyl groups is 1. The first-order chi connectivity index (χ1) is 17.2. The largest absolute Gasteiger partial charge is 0.492 e. The lowest BCUT2D eigenvalue weighted by Gasteiger charge is -2.27. The van der Waals surface area contributed by atoms with E-state index in [1.165, 1.54) is 18.2 Å². The molecule has 0 spiro atoms. The predicted molar refractivity (Wildman–Crippen MR) is 129 cm³/mol. The molecule has 0 bridgehead atoms. The van der Waals surface area contributed by atoms with Crippen molar-refractivity contribution < 1.29 is 27.1 Å². The average molecular weight is 534 g/mol. The van der Waals surface area contributed by atoms with Gasteiger partial charge in [-0.3, -0.25) is 0 Å². The highest BCUT2D eigenvalue weighted by atomic mass is 35.5. The number of nitrogens with one attached hydrogen (secondary N) is 2. The molecule has 0 aliphatic carbocycles. The summed E-state index contributed by atoms with van der Waals surface area (Å²) >= 11 is 6.21. The van der Waals surface area contributed by atoms with Crippen LogP contribution in [0.4, 0.5) is 4.39 Å². The van der Waals surface area contributed by atoms with Crippen molar-refractivity contribution in [3.63, 3.8) is 0 Å². The van der Waals surface area contributed by atoms with Crippen molar-refractivity contribution in [3.05, 3.63) is 86.9 Å². The molecule has 3 atom stereocenters. The van der Waals surface area contributed by atoms with E-state index in [9.17, 15) is 18.3 Å². The maximum Gasteiger partial charge on any atom is 0.434 e. The third-order valence-corrected chi connectivity index (χ3v) is 8.04. The van der Waals surface area contributed by atoms with E-state index in [0.717, 1.165) is 5.39 Å². The number of benzene rings is 3. The molecule has 0 saturated heterocycles. The van der Waals surface area contributed by atoms with E-state index in [1.807, 2.05) is 6.07 Å². The molecule has 4 aromatic rings. The Kier molecular flexibility index (Phi) is 6.33. The number of fused-ring (bicyclic) bond motifs is 2. The Bertz CT molecular complexity index is 1620. The molecule has 188 valence electrons. The number of rotatable bonds is 6. The smallest absolute Gasteiger partial charge is 0.434 e. The summed E-state index contributed by atoms with van der Waals surface area (Å²) in [7, 11) is -4.38. The Balaban J connectivity index is 1.63. The lowest BCUT2D eigenvalue weighted by atomic mass is 9.89. The number of aromatic amines is 1. The first-order valence-corrected chi connectivity index (χ1v) is 12.9. The molecule has 2 heterocycles. The Morgan fingerprint density at radius 1 is 1.22 bits per heavy atom. The minimum Gasteiger partial charge on any atom is -0.492 e. The molecule has 5 rings (SSSR count). The predicted octanol–water partition coefficient (Wildman–Crippen LogP) is 3.95. The van der Waals surface area contributed by atoms with Crippen molar-refractivity contribution in [1.29, 1.82) is 0 Å². The number of hydrogen-bond acceptors (Lipinski definition) is 7. The van der Waals surface area contributed by atoms with Crippen LogP contribution in [-0.2, 0) is 10.0 Å². The number of aromatic nitrogens is 2. The summed E-state index contributed by atoms with van der Waals surface area (Å²) in [5, 5.41) is 17.8. The summed E-state index contributed by atoms with van der Waals surface area (Å²) in [5.74, 6) is -2.66. The Hall–Kier alpha value is -3.25. The van der Waals surface area contributed by atoms with Gasteiger partial charge in [0.25, 0.3) is 0 Å². The standard InChI is InChI=1S/C24H21ClFN3O6S/c1-12(19-14-5-3-2-4-13(14)6-8-16(19)26)21(23-27-28-24(31)35-23)29-36(32,33)18-9-7-15(25)20-17(30)10-11-34-22(18)20/h2-9,12,17,21,29-30H,10-11H2,1H3,(H,28,31). The van der Waals surface area contributed by atoms with Crippen molar-refractivity contribution in [2.45, 2.75) is 36.3 Å². The third kappa shape index (κ3) is 4.28. The van der Waals surface area contributed by atoms with Gasteiger partial charge in [-0.15, -0.1) is 5.10 Å². The topological polar surface area (TPSA) is 135 Å². The van der Waals surface area contributed by atoms with Crippen molar-refractivity contribution >= 4 is 32.4 Å². The van der Waals surface area contributed by atoms with E-state index in [1.54, 1.807) is 31.2 Å². The highest BCUT2D eigenvalue weighted by Crippen LogP contribution is 2.43. The fourth-order valence-electron chi connectivity index (χ4n) is 4.51. The maximum absolute atomic E-state index is 15.2. The number of hydrogen-bond donors (Lipinski definition) is 3. The first kappa shape index (κ1) is 24.4. The number of ether oxygens (including phenoxy) is 1. The van der Waals surface area contributed by atoms with Crippen molar-refractivity contribution in [3.8, 4) is 5.75 Å². The average Bonchev–Trinajstić information content (AvgIpc) is 3.28. The zero-order valence-electron chi connectivity index (χ0n) is 18.9. The molecule has 3 unspecified atom stereocenters. The first-order valence-electron chi connectivity index (χ1n) is 11.1. The SMILES string of the molecule is CC(c1c(F)ccc2ccccc12)C(NS(=O)(=O)c1ccc(Cl)c2c1OCCC2O)c1n[nH]c(=O)o1. The monoisotopic (exact) mass is 533 g/mol. The molecule has 0 saturated carbocycles. The van der Waals surface area contributed by atoms with Crippen molar-refractivity contribution in [1.82, 2.24) is 14.9 Å². The zero-order chi connectivity index (χ0) is 25.6. The molecule has 1 aliphatic heterocycles. The molecule has 0 radical (unpaired) electrons. The van der Waals surface area contributed by atoms with Gasteiger partial charge in [0.05, 0.1) is 17.7 Å². The van der Waals surface area contributed by atoms with Crippen LogP contribution in [0.25, 0.3) is 10.8 Å². The van der Waals surface area contributed by atoms with Crippen molar-refractivity contribution in [2.75, 3.05) is 6.61 Å². The molecule has 0 amide bonds. The fraction of sp³-hybridized carbons (Fsp3) is 0.250. The summed E-state index contributed by atoms with van der Waals surface area (Å²) in [6, 6.07) is 11.3. The summed E-state index contributed by atoms with van der Waals surface area (Å²) in [5.41, 5.74) is 0.387. The lowest BCUT2D eigenvalue weighted by molar-refractivity contribution is 0.113. The van der Waals surface area contributed by atoms with Gasteiger partial charge in [-0.2, -0.15) is 4.72 Å². The van der Waals surface area contributed by atoms with E-state index < -0.39 is 39.7 Å². The fourth-order valence-corrected chi connectivity index (χ4v) is 6.21. The molecule has 9 nitrogen and oxygen atoms in total. The molecule has 3 aromatic carbocycles. The normalized spacial score (nSPS) is 17.4. The second-order valence-corrected chi connectivity index (χ2v) is 10.6. The van der Waals surface area contributed by atoms with Crippen molar-refractivity contribution in [2.24, 2.45) is 0 Å². The molecular weight excluding hydrogens is 513 g/mol. The second-order valence-electron chi connectivity index (χ2n) is 8.46. The molecule has 0 fully saturated rings. The van der Waals surface area contributed by atoms with E-state index in [-0.39, 0.29) is 45.7 Å². The minimum atomic E-state index is -4.38. The van der Waals surface area contributed by atoms with Crippen LogP contribution < -0.4 is 15.2 Å². The van der Waals surface area contributed by atoms with E-state index in [4.69, 9.17) is 20.8 Å². The number of halogens is 2. The van der Waals surface area contributed by atoms with Crippen LogP contribution in [0.2, 0.25) is 5.02 Å². The van der Waals surface area contributed by atoms with Crippen LogP contribution in [0.15, 0.2) is 62.6 Å². The van der Waals surface area contributed by atoms with Crippen LogP contribution in [0.3, 0.4) is 0 Å². The van der Waals surface area contributed by atoms with E-state index >= 15 is 4.39 Å². The number of H-pyrrole nitrogens is 1. The molecule has 36 heavy (non-hydrogen) atoms. The van der Waals surface area contributed by atoms with Gasteiger partial charge < -0.3 is 14.3 Å². The Morgan fingerprint density at radius 3 is 2.75 bits per heavy atom. The number of aliphatic hydroxyl groups excluding tert-OH is 1. The lowest BCUT2D eigenvalue weighted by Crippen LogP contribution is -2.33. The highest BCUT2D eigenvalue weighted by Gasteiger charge is 2.36. The van der Waals surface area contributed by atoms with Crippen LogP contribution in [-0.4, -0.2) is 30.3 Å². The highest BCUT2D eigenvalue weighted by molar-refractivity contribution is 7.89. The van der Waals surface area contributed by atoms with Gasteiger partial charge in [0.15, 0.2) is 0 Å². The molecular formula is C24H21ClFN3O6S. The van der Waals surface area contributed by atoms with Crippen LogP contribution in [0.5, 0.6) is 5.75 Å². The number of sulfonamides is 1. The van der Waals surface area contributed by atoms with Crippen LogP contribution >= 0.6 is 11.6 Å². The zero-order valence-corrected chi connectivity index (χ0v) is 20.4. The van der Waals surface area contributed by atoms with Gasteiger partial charge in [0, 0.05) is 23.5 Å².